The van der Waals surface area contributed by atoms with Crippen molar-refractivity contribution in [1.82, 2.24) is 9.46 Å². The predicted octanol–water partition coefficient (Wildman–Crippen LogP) is 2.11. The number of nitrogens with zero attached hydrogens (tertiary/aromatic N) is 2. The molecule has 1 aromatic carbocycles. The first-order valence-corrected chi connectivity index (χ1v) is 10.1. The Labute approximate surface area is 153 Å². The van der Waals surface area contributed by atoms with Gasteiger partial charge in [0.2, 0.25) is 10.0 Å². The van der Waals surface area contributed by atoms with Crippen LogP contribution in [0.3, 0.4) is 0 Å². The number of aromatic nitrogens is 1. The van der Waals surface area contributed by atoms with E-state index in [9.17, 15) is 13.2 Å². The van der Waals surface area contributed by atoms with Gasteiger partial charge in [-0.25, -0.2) is 8.42 Å². The zero-order valence-electron chi connectivity index (χ0n) is 15.1. The molecule has 0 aliphatic carbocycles. The number of hydrogen-bond donors (Lipinski definition) is 0. The fourth-order valence-electron chi connectivity index (χ4n) is 3.11. The van der Waals surface area contributed by atoms with Gasteiger partial charge in [0.25, 0.3) is 0 Å². The molecular weight excluding hydrogens is 356 g/mol. The molecule has 1 atom stereocenters. The van der Waals surface area contributed by atoms with E-state index >= 15 is 0 Å². The maximum Gasteiger partial charge on any atom is 0.325 e. The average molecular weight is 378 g/mol. The summed E-state index contributed by atoms with van der Waals surface area (Å²) in [4.78, 5) is 12.7. The molecule has 2 heterocycles. The molecule has 0 unspecified atom stereocenters. The highest BCUT2D eigenvalue weighted by Gasteiger charge is 2.39. The highest BCUT2D eigenvalue weighted by molar-refractivity contribution is 7.89. The number of sulfonamides is 1. The fourth-order valence-corrected chi connectivity index (χ4v) is 4.32. The predicted molar refractivity (Wildman–Crippen MR) is 94.7 cm³/mol. The Bertz CT molecular complexity index is 900. The summed E-state index contributed by atoms with van der Waals surface area (Å²) in [5.74, 6) is -0.0399. The highest BCUT2D eigenvalue weighted by atomic mass is 32.2. The Morgan fingerprint density at radius 1 is 1.31 bits per heavy atom. The highest BCUT2D eigenvalue weighted by Crippen LogP contribution is 2.27. The maximum atomic E-state index is 12.7. The molecule has 0 radical (unpaired) electrons. The van der Waals surface area contributed by atoms with Crippen LogP contribution >= 0.6 is 0 Å². The van der Waals surface area contributed by atoms with Crippen LogP contribution in [-0.2, 0) is 39.1 Å². The SMILES string of the molecule is CCS(=O)(=O)N1Cc2ccccc2C[C@@H]1C(=O)OCc1c(C)noc1C. The molecule has 1 aliphatic heterocycles. The van der Waals surface area contributed by atoms with Crippen molar-refractivity contribution in [2.24, 2.45) is 0 Å². The van der Waals surface area contributed by atoms with Gasteiger partial charge in [-0.1, -0.05) is 29.4 Å². The molecule has 0 N–H and O–H groups in total. The number of benzene rings is 1. The van der Waals surface area contributed by atoms with Gasteiger partial charge in [-0.2, -0.15) is 4.31 Å². The smallest absolute Gasteiger partial charge is 0.325 e. The Balaban J connectivity index is 1.84. The first-order valence-electron chi connectivity index (χ1n) is 8.48. The van der Waals surface area contributed by atoms with Crippen molar-refractivity contribution in [3.8, 4) is 0 Å². The molecule has 0 fully saturated rings. The average Bonchev–Trinajstić information content (AvgIpc) is 2.96. The first-order chi connectivity index (χ1) is 12.3. The summed E-state index contributed by atoms with van der Waals surface area (Å²) in [5.41, 5.74) is 3.25. The Morgan fingerprint density at radius 3 is 2.62 bits per heavy atom. The van der Waals surface area contributed by atoms with E-state index in [0.717, 1.165) is 11.1 Å². The van der Waals surface area contributed by atoms with Gasteiger partial charge in [-0.15, -0.1) is 0 Å². The van der Waals surface area contributed by atoms with Crippen LogP contribution in [-0.4, -0.2) is 35.6 Å². The molecule has 1 aliphatic rings. The summed E-state index contributed by atoms with van der Waals surface area (Å²) >= 11 is 0. The molecule has 26 heavy (non-hydrogen) atoms. The monoisotopic (exact) mass is 378 g/mol. The molecule has 0 saturated heterocycles. The van der Waals surface area contributed by atoms with E-state index < -0.39 is 22.0 Å². The molecule has 1 aromatic heterocycles. The van der Waals surface area contributed by atoms with E-state index in [2.05, 4.69) is 5.16 Å². The zero-order valence-corrected chi connectivity index (χ0v) is 15.9. The molecule has 140 valence electrons. The minimum atomic E-state index is -3.54. The second kappa shape index (κ2) is 7.20. The van der Waals surface area contributed by atoms with Crippen LogP contribution in [0.2, 0.25) is 0 Å². The van der Waals surface area contributed by atoms with E-state index in [-0.39, 0.29) is 18.9 Å². The minimum Gasteiger partial charge on any atom is -0.459 e. The number of carbonyl (C=O) groups is 1. The number of hydrogen-bond acceptors (Lipinski definition) is 6. The van der Waals surface area contributed by atoms with Crippen LogP contribution in [0.5, 0.6) is 0 Å². The molecule has 7 nitrogen and oxygen atoms in total. The minimum absolute atomic E-state index is 0.0121. The van der Waals surface area contributed by atoms with Crippen molar-refractivity contribution < 1.29 is 22.5 Å². The van der Waals surface area contributed by atoms with Crippen molar-refractivity contribution in [2.45, 2.75) is 46.4 Å². The molecule has 0 saturated carbocycles. The quantitative estimate of drug-likeness (QED) is 0.740. The summed E-state index contributed by atoms with van der Waals surface area (Å²) in [6.45, 7) is 5.27. The normalized spacial score (nSPS) is 17.7. The Morgan fingerprint density at radius 2 is 2.00 bits per heavy atom. The van der Waals surface area contributed by atoms with Crippen molar-refractivity contribution in [1.29, 1.82) is 0 Å². The van der Waals surface area contributed by atoms with Gasteiger partial charge < -0.3 is 9.26 Å². The van der Waals surface area contributed by atoms with Crippen LogP contribution < -0.4 is 0 Å². The van der Waals surface area contributed by atoms with E-state index in [1.54, 1.807) is 20.8 Å². The zero-order chi connectivity index (χ0) is 18.9. The molecular formula is C18H22N2O5S. The number of aryl methyl sites for hydroxylation is 2. The van der Waals surface area contributed by atoms with Crippen molar-refractivity contribution in [2.75, 3.05) is 5.75 Å². The molecule has 8 heteroatoms. The van der Waals surface area contributed by atoms with Gasteiger partial charge in [0.05, 0.1) is 17.0 Å². The molecule has 0 spiro atoms. The summed E-state index contributed by atoms with van der Waals surface area (Å²) in [6.07, 6.45) is 0.301. The lowest BCUT2D eigenvalue weighted by Crippen LogP contribution is -2.49. The second-order valence-electron chi connectivity index (χ2n) is 6.34. The van der Waals surface area contributed by atoms with E-state index in [1.165, 1.54) is 4.31 Å². The summed E-state index contributed by atoms with van der Waals surface area (Å²) in [5, 5.41) is 3.83. The summed E-state index contributed by atoms with van der Waals surface area (Å²) < 4.78 is 36.8. The molecule has 0 amide bonds. The number of rotatable bonds is 5. The van der Waals surface area contributed by atoms with E-state index in [0.29, 0.717) is 23.4 Å². The van der Waals surface area contributed by atoms with Gasteiger partial charge in [-0.3, -0.25) is 4.79 Å². The standard InChI is InChI=1S/C18H22N2O5S/c1-4-26(22,23)20-10-15-8-6-5-7-14(15)9-17(20)18(21)24-11-16-12(2)19-25-13(16)3/h5-8,17H,4,9-11H2,1-3H3/t17-/m1/s1. The van der Waals surface area contributed by atoms with E-state index in [4.69, 9.17) is 9.26 Å². The van der Waals surface area contributed by atoms with Crippen molar-refractivity contribution in [3.63, 3.8) is 0 Å². The lowest BCUT2D eigenvalue weighted by Gasteiger charge is -2.34. The number of carbonyl (C=O) groups excluding carboxylic acids is 1. The fraction of sp³-hybridized carbons (Fsp3) is 0.444. The topological polar surface area (TPSA) is 89.7 Å². The molecule has 0 bridgehead atoms. The third kappa shape index (κ3) is 3.52. The largest absolute Gasteiger partial charge is 0.459 e. The van der Waals surface area contributed by atoms with Gasteiger partial charge in [-0.05, 0) is 31.9 Å². The van der Waals surface area contributed by atoms with Gasteiger partial charge in [0, 0.05) is 13.0 Å². The van der Waals surface area contributed by atoms with Crippen LogP contribution in [0.15, 0.2) is 28.8 Å². The second-order valence-corrected chi connectivity index (χ2v) is 8.56. The van der Waals surface area contributed by atoms with E-state index in [1.807, 2.05) is 24.3 Å². The maximum absolute atomic E-state index is 12.7. The molecule has 3 rings (SSSR count). The third-order valence-electron chi connectivity index (χ3n) is 4.74. The summed E-state index contributed by atoms with van der Waals surface area (Å²) in [6, 6.07) is 6.69. The van der Waals surface area contributed by atoms with Crippen LogP contribution in [0.25, 0.3) is 0 Å². The van der Waals surface area contributed by atoms with Crippen molar-refractivity contribution >= 4 is 16.0 Å². The van der Waals surface area contributed by atoms with Gasteiger partial charge in [0.15, 0.2) is 0 Å². The summed E-state index contributed by atoms with van der Waals surface area (Å²) in [7, 11) is -3.54. The number of esters is 1. The Hall–Kier alpha value is -2.19. The number of fused-ring (bicyclic) bond motifs is 1. The first kappa shape index (κ1) is 18.6. The van der Waals surface area contributed by atoms with Gasteiger partial charge in [0.1, 0.15) is 18.4 Å². The van der Waals surface area contributed by atoms with Crippen LogP contribution in [0.4, 0.5) is 0 Å². The van der Waals surface area contributed by atoms with Crippen molar-refractivity contribution in [3.05, 3.63) is 52.4 Å². The lowest BCUT2D eigenvalue weighted by molar-refractivity contribution is -0.150. The Kier molecular flexibility index (Phi) is 5.15. The molecule has 2 aromatic rings. The van der Waals surface area contributed by atoms with Crippen LogP contribution in [0, 0.1) is 13.8 Å². The van der Waals surface area contributed by atoms with Crippen LogP contribution in [0.1, 0.15) is 35.1 Å². The third-order valence-corrected chi connectivity index (χ3v) is 6.57. The lowest BCUT2D eigenvalue weighted by atomic mass is 9.96. The number of ether oxygens (including phenoxy) is 1. The van der Waals surface area contributed by atoms with Gasteiger partial charge >= 0.3 is 5.97 Å².